The zero-order valence-corrected chi connectivity index (χ0v) is 9.45. The van der Waals surface area contributed by atoms with E-state index in [2.05, 4.69) is 14.0 Å². The SMILES string of the molecule is CC1(P)[CH-]C(=O)OC1=O.[Y+3]. The molecule has 0 aromatic heterocycles. The largest absolute Gasteiger partial charge is 3.00 e. The number of hydrogen-bond acceptors (Lipinski definition) is 3. The minimum Gasteiger partial charge on any atom is -0.422 e. The van der Waals surface area contributed by atoms with Crippen LogP contribution in [0.25, 0.3) is 0 Å². The van der Waals surface area contributed by atoms with Crippen LogP contribution in [-0.4, -0.2) is 17.1 Å². The molecule has 0 saturated carbocycles. The predicted octanol–water partition coefficient (Wildman–Crippen LogP) is -0.0946. The first-order valence-corrected chi connectivity index (χ1v) is 3.01. The van der Waals surface area contributed by atoms with Crippen LogP contribution in [0.4, 0.5) is 0 Å². The van der Waals surface area contributed by atoms with Crippen molar-refractivity contribution in [1.29, 1.82) is 0 Å². The first kappa shape index (κ1) is 10.5. The second kappa shape index (κ2) is 3.29. The van der Waals surface area contributed by atoms with Crippen molar-refractivity contribution >= 4 is 21.2 Å². The summed E-state index contributed by atoms with van der Waals surface area (Å²) < 4.78 is 4.22. The number of cyclic esters (lactones) is 2. The van der Waals surface area contributed by atoms with Crippen molar-refractivity contribution in [2.24, 2.45) is 0 Å². The number of carbonyl (C=O) groups excluding carboxylic acids is 2. The van der Waals surface area contributed by atoms with Crippen molar-refractivity contribution in [3.05, 3.63) is 6.42 Å². The molecule has 1 heterocycles. The van der Waals surface area contributed by atoms with Crippen LogP contribution in [0.15, 0.2) is 0 Å². The molecule has 0 bridgehead atoms. The topological polar surface area (TPSA) is 43.4 Å². The third kappa shape index (κ3) is 2.01. The van der Waals surface area contributed by atoms with Gasteiger partial charge in [-0.15, -0.1) is 9.24 Å². The van der Waals surface area contributed by atoms with Crippen LogP contribution in [0.3, 0.4) is 0 Å². The molecule has 1 aliphatic rings. The van der Waals surface area contributed by atoms with Gasteiger partial charge in [-0.3, -0.25) is 16.0 Å². The second-order valence-corrected chi connectivity index (χ2v) is 3.33. The summed E-state index contributed by atoms with van der Waals surface area (Å²) >= 11 is 0. The van der Waals surface area contributed by atoms with E-state index in [1.54, 1.807) is 6.92 Å². The van der Waals surface area contributed by atoms with Crippen LogP contribution >= 0.6 is 9.24 Å². The summed E-state index contributed by atoms with van der Waals surface area (Å²) in [4.78, 5) is 21.0. The maximum Gasteiger partial charge on any atom is 3.00 e. The van der Waals surface area contributed by atoms with E-state index < -0.39 is 17.1 Å². The van der Waals surface area contributed by atoms with Crippen LogP contribution in [-0.2, 0) is 47.0 Å². The van der Waals surface area contributed by atoms with E-state index in [4.69, 9.17) is 0 Å². The van der Waals surface area contributed by atoms with Gasteiger partial charge in [0.2, 0.25) is 0 Å². The molecular formula is C5H6O3PY+2. The van der Waals surface area contributed by atoms with Crippen LogP contribution in [0, 0.1) is 6.42 Å². The molecule has 1 aliphatic heterocycles. The smallest absolute Gasteiger partial charge is 0.422 e. The summed E-state index contributed by atoms with van der Waals surface area (Å²) in [5.41, 5.74) is 0. The van der Waals surface area contributed by atoms with Crippen LogP contribution in [0.5, 0.6) is 0 Å². The van der Waals surface area contributed by atoms with Gasteiger partial charge in [0.25, 0.3) is 5.97 Å². The third-order valence-electron chi connectivity index (χ3n) is 1.05. The van der Waals surface area contributed by atoms with Crippen molar-refractivity contribution in [1.82, 2.24) is 0 Å². The molecule has 0 aliphatic carbocycles. The Labute approximate surface area is 86.3 Å². The molecule has 0 aromatic rings. The Bertz CT molecular complexity index is 178. The fourth-order valence-electron chi connectivity index (χ4n) is 0.535. The van der Waals surface area contributed by atoms with Gasteiger partial charge in [-0.05, 0) is 5.16 Å². The molecule has 0 aromatic carbocycles. The van der Waals surface area contributed by atoms with E-state index in [1.807, 2.05) is 0 Å². The zero-order chi connectivity index (χ0) is 7.07. The molecule has 0 radical (unpaired) electrons. The number of rotatable bonds is 0. The van der Waals surface area contributed by atoms with Gasteiger partial charge in [0.15, 0.2) is 5.97 Å². The van der Waals surface area contributed by atoms with E-state index >= 15 is 0 Å². The Morgan fingerprint density at radius 3 is 2.20 bits per heavy atom. The molecule has 10 heavy (non-hydrogen) atoms. The summed E-state index contributed by atoms with van der Waals surface area (Å²) in [6.45, 7) is 1.60. The van der Waals surface area contributed by atoms with E-state index in [9.17, 15) is 9.59 Å². The summed E-state index contributed by atoms with van der Waals surface area (Å²) in [5.74, 6) is -1.06. The van der Waals surface area contributed by atoms with Gasteiger partial charge in [0, 0.05) is 0 Å². The van der Waals surface area contributed by atoms with Crippen LogP contribution in [0.1, 0.15) is 6.92 Å². The fourth-order valence-corrected chi connectivity index (χ4v) is 0.730. The predicted molar refractivity (Wildman–Crippen MR) is 33.5 cm³/mol. The van der Waals surface area contributed by atoms with Gasteiger partial charge in [-0.1, -0.05) is 6.92 Å². The average Bonchev–Trinajstić information content (AvgIpc) is 1.79. The zero-order valence-electron chi connectivity index (χ0n) is 5.46. The van der Waals surface area contributed by atoms with Crippen molar-refractivity contribution in [2.75, 3.05) is 0 Å². The van der Waals surface area contributed by atoms with E-state index in [0.717, 1.165) is 0 Å². The van der Waals surface area contributed by atoms with Gasteiger partial charge in [-0.2, -0.15) is 0 Å². The molecule has 5 heteroatoms. The molecule has 2 atom stereocenters. The summed E-state index contributed by atoms with van der Waals surface area (Å²) in [7, 11) is 2.24. The Balaban J connectivity index is 0.000000810. The molecule has 0 N–H and O–H groups in total. The fraction of sp³-hybridized carbons (Fsp3) is 0.400. The van der Waals surface area contributed by atoms with Gasteiger partial charge in [-0.25, -0.2) is 0 Å². The summed E-state index contributed by atoms with van der Waals surface area (Å²) in [6, 6.07) is 0. The summed E-state index contributed by atoms with van der Waals surface area (Å²) in [6.07, 6.45) is 1.24. The molecule has 50 valence electrons. The average molecular weight is 234 g/mol. The number of hydrogen-bond donors (Lipinski definition) is 0. The minimum atomic E-state index is -0.795. The van der Waals surface area contributed by atoms with Crippen molar-refractivity contribution < 1.29 is 47.0 Å². The Morgan fingerprint density at radius 1 is 1.60 bits per heavy atom. The molecule has 1 fully saturated rings. The van der Waals surface area contributed by atoms with Crippen molar-refractivity contribution in [3.8, 4) is 0 Å². The standard InChI is InChI=1S/C5H6O3P.Y/c1-5(9)2-3(6)8-4(5)7;/h2H,9H2,1H3;/q-1;+3. The molecule has 2 unspecified atom stereocenters. The first-order chi connectivity index (χ1) is 4.02. The Kier molecular flexibility index (Phi) is 3.47. The molecular weight excluding hydrogens is 228 g/mol. The molecule has 1 saturated heterocycles. The van der Waals surface area contributed by atoms with Gasteiger partial charge in [0.1, 0.15) is 0 Å². The monoisotopic (exact) mass is 234 g/mol. The quantitative estimate of drug-likeness (QED) is 0.254. The van der Waals surface area contributed by atoms with Gasteiger partial charge < -0.3 is 4.74 Å². The minimum absolute atomic E-state index is 0. The Hall–Kier alpha value is 0.544. The molecule has 0 amide bonds. The number of ether oxygens (including phenoxy) is 1. The van der Waals surface area contributed by atoms with Crippen molar-refractivity contribution in [2.45, 2.75) is 12.1 Å². The molecule has 0 spiro atoms. The Morgan fingerprint density at radius 2 is 2.10 bits per heavy atom. The maximum atomic E-state index is 10.6. The maximum absolute atomic E-state index is 10.6. The number of esters is 2. The summed E-state index contributed by atoms with van der Waals surface area (Å²) in [5, 5.41) is -0.795. The number of carbonyl (C=O) groups is 2. The molecule has 1 rings (SSSR count). The van der Waals surface area contributed by atoms with Gasteiger partial charge in [0.05, 0.1) is 0 Å². The van der Waals surface area contributed by atoms with E-state index in [-0.39, 0.29) is 32.7 Å². The van der Waals surface area contributed by atoms with Crippen LogP contribution < -0.4 is 0 Å². The second-order valence-electron chi connectivity index (χ2n) is 2.14. The van der Waals surface area contributed by atoms with E-state index in [1.165, 1.54) is 6.42 Å². The van der Waals surface area contributed by atoms with Crippen molar-refractivity contribution in [3.63, 3.8) is 0 Å². The van der Waals surface area contributed by atoms with Gasteiger partial charge >= 0.3 is 32.7 Å². The molecule has 3 nitrogen and oxygen atoms in total. The normalized spacial score (nSPS) is 30.6. The van der Waals surface area contributed by atoms with Crippen LogP contribution in [0.2, 0.25) is 0 Å². The first-order valence-electron chi connectivity index (χ1n) is 2.43. The van der Waals surface area contributed by atoms with E-state index in [0.29, 0.717) is 0 Å². The third-order valence-corrected chi connectivity index (χ3v) is 1.45.